The van der Waals surface area contributed by atoms with Crippen LogP contribution in [0, 0.1) is 0 Å². The standard InChI is InChI=1S/C30H58O3/c1-3-5-7-9-11-13-15-17-19-29(25-27-21-23-31-27)33-30(26-28-22-24-32-28)20-18-16-14-12-10-8-6-4-2/h27-30H,3-26H2,1-2H3. The summed E-state index contributed by atoms with van der Waals surface area (Å²) in [5.41, 5.74) is 0. The minimum Gasteiger partial charge on any atom is -0.378 e. The molecule has 4 atom stereocenters. The van der Waals surface area contributed by atoms with Gasteiger partial charge in [0.05, 0.1) is 24.4 Å². The van der Waals surface area contributed by atoms with Crippen LogP contribution in [0.1, 0.15) is 155 Å². The zero-order valence-corrected chi connectivity index (χ0v) is 22.5. The van der Waals surface area contributed by atoms with E-state index in [4.69, 9.17) is 14.2 Å². The Hall–Kier alpha value is -0.120. The Labute approximate surface area is 207 Å². The minimum absolute atomic E-state index is 0.384. The molecule has 4 unspecified atom stereocenters. The van der Waals surface area contributed by atoms with Gasteiger partial charge in [0.1, 0.15) is 0 Å². The molecule has 0 saturated carbocycles. The molecule has 0 bridgehead atoms. The average Bonchev–Trinajstić information content (AvgIpc) is 2.76. The fraction of sp³-hybridized carbons (Fsp3) is 1.00. The van der Waals surface area contributed by atoms with Crippen molar-refractivity contribution in [3.8, 4) is 0 Å². The van der Waals surface area contributed by atoms with Crippen LogP contribution in [0.15, 0.2) is 0 Å². The first-order chi connectivity index (χ1) is 16.3. The number of hydrogen-bond donors (Lipinski definition) is 0. The summed E-state index contributed by atoms with van der Waals surface area (Å²) in [5.74, 6) is 0. The SMILES string of the molecule is CCCCCCCCCCC(CC1CCO1)OC(CCCCCCCCCC)CC1CCO1. The lowest BCUT2D eigenvalue weighted by Gasteiger charge is -2.35. The Bertz CT molecular complexity index is 381. The van der Waals surface area contributed by atoms with E-state index < -0.39 is 0 Å². The predicted octanol–water partition coefficient (Wildman–Crippen LogP) is 9.16. The quantitative estimate of drug-likeness (QED) is 0.133. The predicted molar refractivity (Wildman–Crippen MR) is 141 cm³/mol. The lowest BCUT2D eigenvalue weighted by Crippen LogP contribution is -2.36. The number of hydrogen-bond acceptors (Lipinski definition) is 3. The first-order valence-corrected chi connectivity index (χ1v) is 15.2. The first-order valence-electron chi connectivity index (χ1n) is 15.2. The normalized spacial score (nSPS) is 22.0. The van der Waals surface area contributed by atoms with E-state index in [1.54, 1.807) is 0 Å². The molecule has 2 aliphatic rings. The van der Waals surface area contributed by atoms with Gasteiger partial charge in [-0.2, -0.15) is 0 Å². The molecule has 0 amide bonds. The van der Waals surface area contributed by atoms with Crippen molar-refractivity contribution in [1.82, 2.24) is 0 Å². The molecule has 0 aromatic carbocycles. The van der Waals surface area contributed by atoms with E-state index >= 15 is 0 Å². The Kier molecular flexibility index (Phi) is 17.7. The summed E-state index contributed by atoms with van der Waals surface area (Å²) in [6.45, 7) is 6.50. The van der Waals surface area contributed by atoms with Gasteiger partial charge in [-0.1, -0.05) is 117 Å². The number of unbranched alkanes of at least 4 members (excludes halogenated alkanes) is 14. The molecule has 2 saturated heterocycles. The second kappa shape index (κ2) is 20.1. The maximum absolute atomic E-state index is 6.82. The van der Waals surface area contributed by atoms with Crippen LogP contribution in [-0.4, -0.2) is 37.6 Å². The molecule has 196 valence electrons. The third kappa shape index (κ3) is 14.8. The zero-order valence-electron chi connectivity index (χ0n) is 22.5. The van der Waals surface area contributed by atoms with Gasteiger partial charge in [-0.05, 0) is 38.5 Å². The highest BCUT2D eigenvalue weighted by atomic mass is 16.5. The van der Waals surface area contributed by atoms with Crippen molar-refractivity contribution in [1.29, 1.82) is 0 Å². The van der Waals surface area contributed by atoms with Crippen LogP contribution < -0.4 is 0 Å². The molecule has 2 aliphatic heterocycles. The highest BCUT2D eigenvalue weighted by Crippen LogP contribution is 2.27. The largest absolute Gasteiger partial charge is 0.378 e. The molecule has 0 spiro atoms. The second-order valence-electron chi connectivity index (χ2n) is 10.9. The smallest absolute Gasteiger partial charge is 0.0621 e. The highest BCUT2D eigenvalue weighted by Gasteiger charge is 2.28. The summed E-state index contributed by atoms with van der Waals surface area (Å²) in [4.78, 5) is 0. The lowest BCUT2D eigenvalue weighted by atomic mass is 9.97. The second-order valence-corrected chi connectivity index (χ2v) is 10.9. The Balaban J connectivity index is 1.66. The molecular formula is C30H58O3. The van der Waals surface area contributed by atoms with Gasteiger partial charge in [0.25, 0.3) is 0 Å². The minimum atomic E-state index is 0.384. The monoisotopic (exact) mass is 466 g/mol. The van der Waals surface area contributed by atoms with Crippen LogP contribution in [0.25, 0.3) is 0 Å². The Morgan fingerprint density at radius 2 is 0.879 bits per heavy atom. The maximum Gasteiger partial charge on any atom is 0.0621 e. The first kappa shape index (κ1) is 29.1. The summed E-state index contributed by atoms with van der Waals surface area (Å²) < 4.78 is 18.4. The number of ether oxygens (including phenoxy) is 3. The molecular weight excluding hydrogens is 408 g/mol. The molecule has 0 N–H and O–H groups in total. The molecule has 3 nitrogen and oxygen atoms in total. The van der Waals surface area contributed by atoms with Crippen molar-refractivity contribution >= 4 is 0 Å². The number of rotatable bonds is 24. The van der Waals surface area contributed by atoms with E-state index in [9.17, 15) is 0 Å². The molecule has 3 heteroatoms. The van der Waals surface area contributed by atoms with Gasteiger partial charge in [0, 0.05) is 13.2 Å². The van der Waals surface area contributed by atoms with E-state index in [2.05, 4.69) is 13.8 Å². The van der Waals surface area contributed by atoms with Crippen molar-refractivity contribution in [3.05, 3.63) is 0 Å². The molecule has 0 aromatic rings. The summed E-state index contributed by atoms with van der Waals surface area (Å²) in [6, 6.07) is 0. The van der Waals surface area contributed by atoms with Crippen molar-refractivity contribution in [2.24, 2.45) is 0 Å². The van der Waals surface area contributed by atoms with E-state index in [1.807, 2.05) is 0 Å². The van der Waals surface area contributed by atoms with Crippen LogP contribution in [0.2, 0.25) is 0 Å². The molecule has 0 radical (unpaired) electrons. The fourth-order valence-electron chi connectivity index (χ4n) is 5.29. The van der Waals surface area contributed by atoms with Gasteiger partial charge >= 0.3 is 0 Å². The van der Waals surface area contributed by atoms with Crippen molar-refractivity contribution < 1.29 is 14.2 Å². The molecule has 2 heterocycles. The third-order valence-corrected chi connectivity index (χ3v) is 7.78. The van der Waals surface area contributed by atoms with E-state index in [1.165, 1.54) is 128 Å². The summed E-state index contributed by atoms with van der Waals surface area (Å²) in [7, 11) is 0. The van der Waals surface area contributed by atoms with E-state index in [0.717, 1.165) is 26.1 Å². The van der Waals surface area contributed by atoms with Crippen molar-refractivity contribution in [2.45, 2.75) is 180 Å². The van der Waals surface area contributed by atoms with Gasteiger partial charge in [0.2, 0.25) is 0 Å². The summed E-state index contributed by atoms with van der Waals surface area (Å²) >= 11 is 0. The molecule has 0 aliphatic carbocycles. The van der Waals surface area contributed by atoms with Crippen LogP contribution in [-0.2, 0) is 14.2 Å². The van der Waals surface area contributed by atoms with Gasteiger partial charge in [-0.25, -0.2) is 0 Å². The summed E-state index contributed by atoms with van der Waals surface area (Å²) in [6.07, 6.45) is 30.9. The lowest BCUT2D eigenvalue weighted by molar-refractivity contribution is -0.124. The third-order valence-electron chi connectivity index (χ3n) is 7.78. The Morgan fingerprint density at radius 1 is 0.545 bits per heavy atom. The maximum atomic E-state index is 6.82. The van der Waals surface area contributed by atoms with Crippen LogP contribution in [0.5, 0.6) is 0 Å². The molecule has 2 fully saturated rings. The fourth-order valence-corrected chi connectivity index (χ4v) is 5.29. The zero-order chi connectivity index (χ0) is 23.4. The summed E-state index contributed by atoms with van der Waals surface area (Å²) in [5, 5.41) is 0. The topological polar surface area (TPSA) is 27.7 Å². The van der Waals surface area contributed by atoms with Crippen LogP contribution >= 0.6 is 0 Å². The van der Waals surface area contributed by atoms with Gasteiger partial charge in [-0.15, -0.1) is 0 Å². The van der Waals surface area contributed by atoms with Gasteiger partial charge in [-0.3, -0.25) is 0 Å². The van der Waals surface area contributed by atoms with E-state index in [0.29, 0.717) is 24.4 Å². The van der Waals surface area contributed by atoms with Crippen LogP contribution in [0.3, 0.4) is 0 Å². The van der Waals surface area contributed by atoms with E-state index in [-0.39, 0.29) is 0 Å². The van der Waals surface area contributed by atoms with Crippen molar-refractivity contribution in [2.75, 3.05) is 13.2 Å². The Morgan fingerprint density at radius 3 is 1.18 bits per heavy atom. The van der Waals surface area contributed by atoms with Gasteiger partial charge in [0.15, 0.2) is 0 Å². The molecule has 2 rings (SSSR count). The molecule has 33 heavy (non-hydrogen) atoms. The average molecular weight is 467 g/mol. The molecule has 0 aromatic heterocycles. The highest BCUT2D eigenvalue weighted by molar-refractivity contribution is 4.77. The van der Waals surface area contributed by atoms with Gasteiger partial charge < -0.3 is 14.2 Å². The van der Waals surface area contributed by atoms with Crippen molar-refractivity contribution in [3.63, 3.8) is 0 Å². The van der Waals surface area contributed by atoms with Crippen LogP contribution in [0.4, 0.5) is 0 Å².